The first-order valence-corrected chi connectivity index (χ1v) is 10.5. The first-order chi connectivity index (χ1) is 13.5. The summed E-state index contributed by atoms with van der Waals surface area (Å²) in [5.41, 5.74) is 1.98. The first kappa shape index (κ1) is 20.6. The van der Waals surface area contributed by atoms with E-state index in [9.17, 15) is 14.4 Å². The van der Waals surface area contributed by atoms with E-state index in [1.807, 2.05) is 36.1 Å². The van der Waals surface area contributed by atoms with Gasteiger partial charge in [-0.25, -0.2) is 0 Å². The molecular formula is C21H28ClN3O3. The molecule has 7 heteroatoms. The summed E-state index contributed by atoms with van der Waals surface area (Å²) < 4.78 is 0. The Balaban J connectivity index is 1.51. The number of aryl methyl sites for hydroxylation is 1. The fourth-order valence-corrected chi connectivity index (χ4v) is 4.02. The van der Waals surface area contributed by atoms with E-state index < -0.39 is 0 Å². The van der Waals surface area contributed by atoms with Crippen LogP contribution in [0.1, 0.15) is 31.2 Å². The van der Waals surface area contributed by atoms with Gasteiger partial charge in [0.25, 0.3) is 0 Å². The molecule has 28 heavy (non-hydrogen) atoms. The van der Waals surface area contributed by atoms with Crippen molar-refractivity contribution in [3.05, 3.63) is 29.8 Å². The summed E-state index contributed by atoms with van der Waals surface area (Å²) in [6, 6.07) is 7.80. The van der Waals surface area contributed by atoms with Crippen LogP contribution in [0.2, 0.25) is 0 Å². The Morgan fingerprint density at radius 3 is 2.46 bits per heavy atom. The average molecular weight is 406 g/mol. The van der Waals surface area contributed by atoms with Gasteiger partial charge in [0.05, 0.1) is 5.92 Å². The standard InChI is InChI=1S/C21H28ClN3O3/c1-15-3-5-18(6-4-15)25-14-17(13-19(25)26)21(28)24-11-7-16(8-12-24)20(27)23-10-2-9-22/h3-6,16-17H,2,7-14H2,1H3,(H,23,27)/t17-/m0/s1. The predicted octanol–water partition coefficient (Wildman–Crippen LogP) is 2.33. The number of halogens is 1. The van der Waals surface area contributed by atoms with Crippen LogP contribution in [-0.4, -0.2) is 54.7 Å². The third kappa shape index (κ3) is 4.85. The van der Waals surface area contributed by atoms with E-state index in [0.29, 0.717) is 44.9 Å². The predicted molar refractivity (Wildman–Crippen MR) is 109 cm³/mol. The maximum atomic E-state index is 12.9. The minimum atomic E-state index is -0.303. The van der Waals surface area contributed by atoms with Gasteiger partial charge < -0.3 is 15.1 Å². The molecule has 0 saturated carbocycles. The molecule has 1 aromatic rings. The molecule has 0 unspecified atom stereocenters. The van der Waals surface area contributed by atoms with E-state index in [2.05, 4.69) is 5.32 Å². The van der Waals surface area contributed by atoms with Crippen molar-refractivity contribution in [1.82, 2.24) is 10.2 Å². The molecule has 6 nitrogen and oxygen atoms in total. The second-order valence-electron chi connectivity index (χ2n) is 7.67. The number of nitrogens with zero attached hydrogens (tertiary/aromatic N) is 2. The highest BCUT2D eigenvalue weighted by atomic mass is 35.5. The van der Waals surface area contributed by atoms with Crippen LogP contribution >= 0.6 is 11.6 Å². The molecule has 3 rings (SSSR count). The monoisotopic (exact) mass is 405 g/mol. The highest BCUT2D eigenvalue weighted by molar-refractivity contribution is 6.17. The zero-order chi connectivity index (χ0) is 20.1. The Morgan fingerprint density at radius 2 is 1.82 bits per heavy atom. The number of benzene rings is 1. The normalized spacial score (nSPS) is 20.5. The lowest BCUT2D eigenvalue weighted by molar-refractivity contribution is -0.139. The van der Waals surface area contributed by atoms with Crippen LogP contribution in [0.4, 0.5) is 5.69 Å². The Kier molecular flexibility index (Phi) is 6.94. The van der Waals surface area contributed by atoms with Gasteiger partial charge in [-0.2, -0.15) is 0 Å². The molecule has 0 bridgehead atoms. The third-order valence-electron chi connectivity index (χ3n) is 5.61. The second kappa shape index (κ2) is 9.41. The Hall–Kier alpha value is -2.08. The van der Waals surface area contributed by atoms with Crippen LogP contribution in [0.25, 0.3) is 0 Å². The van der Waals surface area contributed by atoms with E-state index in [1.54, 1.807) is 4.90 Å². The van der Waals surface area contributed by atoms with Crippen molar-refractivity contribution < 1.29 is 14.4 Å². The highest BCUT2D eigenvalue weighted by Gasteiger charge is 2.38. The fourth-order valence-electron chi connectivity index (χ4n) is 3.89. The average Bonchev–Trinajstić information content (AvgIpc) is 3.10. The quantitative estimate of drug-likeness (QED) is 0.583. The number of piperidine rings is 1. The largest absolute Gasteiger partial charge is 0.356 e. The Labute approximate surface area is 171 Å². The number of amides is 3. The van der Waals surface area contributed by atoms with Gasteiger partial charge in [0, 0.05) is 50.1 Å². The van der Waals surface area contributed by atoms with E-state index >= 15 is 0 Å². The van der Waals surface area contributed by atoms with Crippen molar-refractivity contribution in [1.29, 1.82) is 0 Å². The van der Waals surface area contributed by atoms with E-state index in [0.717, 1.165) is 17.7 Å². The minimum absolute atomic E-state index is 0.00393. The summed E-state index contributed by atoms with van der Waals surface area (Å²) in [6.07, 6.45) is 2.35. The number of likely N-dealkylation sites (tertiary alicyclic amines) is 1. The first-order valence-electron chi connectivity index (χ1n) is 9.99. The molecule has 0 radical (unpaired) electrons. The molecule has 3 amide bonds. The molecular weight excluding hydrogens is 378 g/mol. The van der Waals surface area contributed by atoms with E-state index in [1.165, 1.54) is 0 Å². The SMILES string of the molecule is Cc1ccc(N2C[C@@H](C(=O)N3CCC(C(=O)NCCCCl)CC3)CC2=O)cc1. The molecule has 2 heterocycles. The van der Waals surface area contributed by atoms with Gasteiger partial charge in [-0.15, -0.1) is 11.6 Å². The van der Waals surface area contributed by atoms with Gasteiger partial charge in [-0.05, 0) is 38.3 Å². The summed E-state index contributed by atoms with van der Waals surface area (Å²) in [5.74, 6) is 0.266. The lowest BCUT2D eigenvalue weighted by Gasteiger charge is -2.33. The molecule has 2 fully saturated rings. The molecule has 0 spiro atoms. The van der Waals surface area contributed by atoms with Gasteiger partial charge in [0.15, 0.2) is 0 Å². The van der Waals surface area contributed by atoms with Crippen molar-refractivity contribution >= 4 is 35.0 Å². The highest BCUT2D eigenvalue weighted by Crippen LogP contribution is 2.28. The lowest BCUT2D eigenvalue weighted by Crippen LogP contribution is -2.45. The molecule has 1 aromatic carbocycles. The maximum absolute atomic E-state index is 12.9. The Morgan fingerprint density at radius 1 is 1.14 bits per heavy atom. The molecule has 1 N–H and O–H groups in total. The Bertz CT molecular complexity index is 714. The molecule has 2 aliphatic rings. The molecule has 152 valence electrons. The van der Waals surface area contributed by atoms with Gasteiger partial charge in [-0.1, -0.05) is 17.7 Å². The van der Waals surface area contributed by atoms with Gasteiger partial charge in [0.2, 0.25) is 17.7 Å². The van der Waals surface area contributed by atoms with Gasteiger partial charge in [0.1, 0.15) is 0 Å². The summed E-state index contributed by atoms with van der Waals surface area (Å²) >= 11 is 5.63. The van der Waals surface area contributed by atoms with Crippen molar-refractivity contribution in [3.8, 4) is 0 Å². The summed E-state index contributed by atoms with van der Waals surface area (Å²) in [5, 5.41) is 2.91. The van der Waals surface area contributed by atoms with Crippen LogP contribution in [0, 0.1) is 18.8 Å². The molecule has 0 aliphatic carbocycles. The molecule has 0 aromatic heterocycles. The number of anilines is 1. The van der Waals surface area contributed by atoms with Crippen molar-refractivity contribution in [2.45, 2.75) is 32.6 Å². The lowest BCUT2D eigenvalue weighted by atomic mass is 9.94. The number of rotatable bonds is 6. The van der Waals surface area contributed by atoms with E-state index in [4.69, 9.17) is 11.6 Å². The molecule has 2 aliphatic heterocycles. The number of nitrogens with one attached hydrogen (secondary N) is 1. The summed E-state index contributed by atoms with van der Waals surface area (Å²) in [4.78, 5) is 41.0. The fraction of sp³-hybridized carbons (Fsp3) is 0.571. The number of hydrogen-bond acceptors (Lipinski definition) is 3. The number of hydrogen-bond donors (Lipinski definition) is 1. The molecule has 1 atom stereocenters. The number of alkyl halides is 1. The minimum Gasteiger partial charge on any atom is -0.356 e. The van der Waals surface area contributed by atoms with Crippen molar-refractivity contribution in [3.63, 3.8) is 0 Å². The van der Waals surface area contributed by atoms with Crippen LogP contribution in [0.15, 0.2) is 24.3 Å². The number of carbonyl (C=O) groups is 3. The van der Waals surface area contributed by atoms with Crippen LogP contribution in [-0.2, 0) is 14.4 Å². The third-order valence-corrected chi connectivity index (χ3v) is 5.87. The topological polar surface area (TPSA) is 69.7 Å². The van der Waals surface area contributed by atoms with Gasteiger partial charge in [-0.3, -0.25) is 14.4 Å². The zero-order valence-corrected chi connectivity index (χ0v) is 17.1. The van der Waals surface area contributed by atoms with Gasteiger partial charge >= 0.3 is 0 Å². The van der Waals surface area contributed by atoms with E-state index in [-0.39, 0.29) is 36.0 Å². The van der Waals surface area contributed by atoms with Crippen molar-refractivity contribution in [2.24, 2.45) is 11.8 Å². The number of carbonyl (C=O) groups excluding carboxylic acids is 3. The smallest absolute Gasteiger partial charge is 0.228 e. The van der Waals surface area contributed by atoms with Crippen LogP contribution < -0.4 is 10.2 Å². The van der Waals surface area contributed by atoms with Crippen LogP contribution in [0.5, 0.6) is 0 Å². The molecule has 2 saturated heterocycles. The maximum Gasteiger partial charge on any atom is 0.228 e. The summed E-state index contributed by atoms with van der Waals surface area (Å²) in [6.45, 7) is 4.17. The summed E-state index contributed by atoms with van der Waals surface area (Å²) in [7, 11) is 0. The second-order valence-corrected chi connectivity index (χ2v) is 8.05. The van der Waals surface area contributed by atoms with Crippen LogP contribution in [0.3, 0.4) is 0 Å². The van der Waals surface area contributed by atoms with Crippen molar-refractivity contribution in [2.75, 3.05) is 37.0 Å². The zero-order valence-electron chi connectivity index (χ0n) is 16.3.